The number of rotatable bonds is 2. The van der Waals surface area contributed by atoms with Crippen molar-refractivity contribution >= 4 is 11.9 Å². The molecule has 1 aromatic rings. The smallest absolute Gasteiger partial charge is 0.268 e. The lowest BCUT2D eigenvalue weighted by Crippen LogP contribution is -2.33. The first-order chi connectivity index (χ1) is 6.77. The lowest BCUT2D eigenvalue weighted by Gasteiger charge is -2.10. The van der Waals surface area contributed by atoms with E-state index in [4.69, 9.17) is 10.5 Å². The largest absolute Gasteiger partial charge is 0.368 e. The lowest BCUT2D eigenvalue weighted by molar-refractivity contribution is -0.125. The van der Waals surface area contributed by atoms with Gasteiger partial charge < -0.3 is 10.5 Å². The van der Waals surface area contributed by atoms with E-state index in [1.165, 1.54) is 11.0 Å². The van der Waals surface area contributed by atoms with Crippen molar-refractivity contribution in [3.05, 3.63) is 6.33 Å². The molecular formula is C7H11N5O2. The first-order valence-electron chi connectivity index (χ1n) is 4.35. The van der Waals surface area contributed by atoms with Gasteiger partial charge in [0.25, 0.3) is 5.91 Å². The number of nitrogen functional groups attached to an aromatic ring is 1. The summed E-state index contributed by atoms with van der Waals surface area (Å²) in [6, 6.07) is 0. The number of amides is 1. The van der Waals surface area contributed by atoms with Crippen LogP contribution in [0.25, 0.3) is 0 Å². The Kier molecular flexibility index (Phi) is 2.32. The van der Waals surface area contributed by atoms with Crippen molar-refractivity contribution in [2.45, 2.75) is 18.9 Å². The minimum Gasteiger partial charge on any atom is -0.368 e. The van der Waals surface area contributed by atoms with Crippen LogP contribution < -0.4 is 11.2 Å². The van der Waals surface area contributed by atoms with Gasteiger partial charge in [-0.25, -0.2) is 4.68 Å². The molecule has 1 aromatic heterocycles. The Morgan fingerprint density at radius 3 is 3.21 bits per heavy atom. The van der Waals surface area contributed by atoms with Crippen molar-refractivity contribution in [3.8, 4) is 0 Å². The summed E-state index contributed by atoms with van der Waals surface area (Å²) in [5.74, 6) is -0.0645. The lowest BCUT2D eigenvalue weighted by atomic mass is 10.2. The molecule has 1 fully saturated rings. The fourth-order valence-corrected chi connectivity index (χ4v) is 1.31. The monoisotopic (exact) mass is 197 g/mol. The van der Waals surface area contributed by atoms with Crippen LogP contribution in [-0.4, -0.2) is 33.5 Å². The molecule has 0 aromatic carbocycles. The van der Waals surface area contributed by atoms with E-state index in [2.05, 4.69) is 15.6 Å². The van der Waals surface area contributed by atoms with Crippen molar-refractivity contribution in [3.63, 3.8) is 0 Å². The van der Waals surface area contributed by atoms with Crippen LogP contribution in [0.15, 0.2) is 6.33 Å². The topological polar surface area (TPSA) is 95.1 Å². The summed E-state index contributed by atoms with van der Waals surface area (Å²) < 4.78 is 6.46. The third-order valence-electron chi connectivity index (χ3n) is 2.03. The van der Waals surface area contributed by atoms with E-state index in [0.717, 1.165) is 12.8 Å². The number of carbonyl (C=O) groups excluding carboxylic acids is 1. The van der Waals surface area contributed by atoms with Gasteiger partial charge in [0, 0.05) is 6.61 Å². The number of anilines is 1. The summed E-state index contributed by atoms with van der Waals surface area (Å²) in [5, 5.41) is 7.07. The van der Waals surface area contributed by atoms with Gasteiger partial charge in [0.1, 0.15) is 12.4 Å². The molecule has 1 amide bonds. The van der Waals surface area contributed by atoms with Crippen LogP contribution in [0.2, 0.25) is 0 Å². The van der Waals surface area contributed by atoms with E-state index in [1.807, 2.05) is 0 Å². The van der Waals surface area contributed by atoms with Gasteiger partial charge in [0.2, 0.25) is 5.95 Å². The summed E-state index contributed by atoms with van der Waals surface area (Å²) in [6.07, 6.45) is 2.61. The first-order valence-corrected chi connectivity index (χ1v) is 4.35. The van der Waals surface area contributed by atoms with E-state index >= 15 is 0 Å². The zero-order chi connectivity index (χ0) is 9.97. The highest BCUT2D eigenvalue weighted by molar-refractivity contribution is 5.88. The second-order valence-corrected chi connectivity index (χ2v) is 3.04. The molecule has 0 radical (unpaired) electrons. The van der Waals surface area contributed by atoms with E-state index < -0.39 is 0 Å². The molecule has 1 aliphatic rings. The maximum atomic E-state index is 11.5. The molecule has 0 spiro atoms. The summed E-state index contributed by atoms with van der Waals surface area (Å²) in [6.45, 7) is 0.635. The van der Waals surface area contributed by atoms with Gasteiger partial charge in [-0.2, -0.15) is 0 Å². The van der Waals surface area contributed by atoms with Crippen molar-refractivity contribution in [2.75, 3.05) is 17.8 Å². The minimum atomic E-state index is -0.378. The zero-order valence-electron chi connectivity index (χ0n) is 7.51. The van der Waals surface area contributed by atoms with Crippen molar-refractivity contribution in [1.82, 2.24) is 14.9 Å². The molecule has 0 saturated carbocycles. The van der Waals surface area contributed by atoms with E-state index in [0.29, 0.717) is 6.61 Å². The molecule has 1 aliphatic heterocycles. The Labute approximate surface area is 80.2 Å². The number of hydrogen-bond acceptors (Lipinski definition) is 5. The van der Waals surface area contributed by atoms with Crippen molar-refractivity contribution < 1.29 is 9.53 Å². The fourth-order valence-electron chi connectivity index (χ4n) is 1.31. The molecule has 0 bridgehead atoms. The summed E-state index contributed by atoms with van der Waals surface area (Å²) >= 11 is 0. The van der Waals surface area contributed by atoms with Crippen LogP contribution in [0, 0.1) is 0 Å². The molecule has 2 rings (SSSR count). The number of hydrogen-bond donors (Lipinski definition) is 2. The maximum Gasteiger partial charge on any atom is 0.268 e. The number of nitrogens with zero attached hydrogens (tertiary/aromatic N) is 3. The maximum absolute atomic E-state index is 11.5. The van der Waals surface area contributed by atoms with Gasteiger partial charge in [-0.3, -0.25) is 10.2 Å². The number of ether oxygens (including phenoxy) is 1. The molecule has 1 saturated heterocycles. The summed E-state index contributed by atoms with van der Waals surface area (Å²) in [7, 11) is 0. The number of nitrogens with one attached hydrogen (secondary N) is 1. The zero-order valence-corrected chi connectivity index (χ0v) is 7.51. The molecule has 0 unspecified atom stereocenters. The Hall–Kier alpha value is -1.63. The van der Waals surface area contributed by atoms with Crippen LogP contribution in [0.3, 0.4) is 0 Å². The van der Waals surface area contributed by atoms with Crippen LogP contribution in [0.5, 0.6) is 0 Å². The molecule has 7 heteroatoms. The fraction of sp³-hybridized carbons (Fsp3) is 0.571. The van der Waals surface area contributed by atoms with Crippen LogP contribution in [0.4, 0.5) is 5.95 Å². The quantitative estimate of drug-likeness (QED) is 0.641. The van der Waals surface area contributed by atoms with Crippen LogP contribution in [0.1, 0.15) is 12.8 Å². The first kappa shape index (κ1) is 8.95. The SMILES string of the molecule is Nc1nncn1NC(=O)[C@H]1CCCO1. The van der Waals surface area contributed by atoms with Gasteiger partial charge in [-0.15, -0.1) is 10.2 Å². The van der Waals surface area contributed by atoms with Gasteiger partial charge in [-0.1, -0.05) is 0 Å². The van der Waals surface area contributed by atoms with Crippen molar-refractivity contribution in [2.24, 2.45) is 0 Å². The normalized spacial score (nSPS) is 21.0. The highest BCUT2D eigenvalue weighted by atomic mass is 16.5. The highest BCUT2D eigenvalue weighted by Crippen LogP contribution is 2.12. The summed E-state index contributed by atoms with van der Waals surface area (Å²) in [5.41, 5.74) is 7.96. The average Bonchev–Trinajstić information content (AvgIpc) is 2.77. The van der Waals surface area contributed by atoms with E-state index in [9.17, 15) is 4.79 Å². The van der Waals surface area contributed by atoms with Gasteiger partial charge in [0.15, 0.2) is 0 Å². The Balaban J connectivity index is 1.97. The predicted octanol–water partition coefficient (Wildman–Crippen LogP) is -0.891. The van der Waals surface area contributed by atoms with Crippen molar-refractivity contribution in [1.29, 1.82) is 0 Å². The molecule has 7 nitrogen and oxygen atoms in total. The second kappa shape index (κ2) is 3.62. The number of nitrogens with two attached hydrogens (primary N) is 1. The average molecular weight is 197 g/mol. The molecule has 1 atom stereocenters. The molecule has 0 aliphatic carbocycles. The molecule has 2 heterocycles. The van der Waals surface area contributed by atoms with Crippen LogP contribution in [-0.2, 0) is 9.53 Å². The third-order valence-corrected chi connectivity index (χ3v) is 2.03. The third kappa shape index (κ3) is 1.67. The molecule has 3 N–H and O–H groups in total. The van der Waals surface area contributed by atoms with E-state index in [-0.39, 0.29) is 18.0 Å². The standard InChI is InChI=1S/C7H11N5O2/c8-7-10-9-4-12(7)11-6(13)5-2-1-3-14-5/h4-5H,1-3H2,(H2,8,10)(H,11,13)/t5-/m1/s1. The highest BCUT2D eigenvalue weighted by Gasteiger charge is 2.23. The Morgan fingerprint density at radius 1 is 1.79 bits per heavy atom. The van der Waals surface area contributed by atoms with Gasteiger partial charge >= 0.3 is 0 Å². The molecule has 76 valence electrons. The predicted molar refractivity (Wildman–Crippen MR) is 47.8 cm³/mol. The number of aromatic nitrogens is 3. The Bertz CT molecular complexity index is 331. The Morgan fingerprint density at radius 2 is 2.64 bits per heavy atom. The molecule has 14 heavy (non-hydrogen) atoms. The number of carbonyl (C=O) groups is 1. The van der Waals surface area contributed by atoms with Gasteiger partial charge in [-0.05, 0) is 12.8 Å². The van der Waals surface area contributed by atoms with E-state index in [1.54, 1.807) is 0 Å². The van der Waals surface area contributed by atoms with Crippen LogP contribution >= 0.6 is 0 Å². The minimum absolute atomic E-state index is 0.149. The summed E-state index contributed by atoms with van der Waals surface area (Å²) in [4.78, 5) is 11.5. The van der Waals surface area contributed by atoms with Gasteiger partial charge in [0.05, 0.1) is 0 Å². The molecular weight excluding hydrogens is 186 g/mol. The second-order valence-electron chi connectivity index (χ2n) is 3.04.